The first-order valence-corrected chi connectivity index (χ1v) is 6.87. The molecule has 0 bridgehead atoms. The van der Waals surface area contributed by atoms with Gasteiger partial charge in [0.25, 0.3) is 0 Å². The van der Waals surface area contributed by atoms with Crippen molar-refractivity contribution in [2.24, 2.45) is 11.8 Å². The lowest BCUT2D eigenvalue weighted by Crippen LogP contribution is -2.30. The Morgan fingerprint density at radius 1 is 1.25 bits per heavy atom. The van der Waals surface area contributed by atoms with E-state index in [4.69, 9.17) is 0 Å². The van der Waals surface area contributed by atoms with Gasteiger partial charge in [0.1, 0.15) is 5.78 Å². The number of ketones is 1. The molecule has 1 fully saturated rings. The Hall–Kier alpha value is -1.39. The monoisotopic (exact) mass is 285 g/mol. The molecular weight excluding hydrogens is 267 g/mol. The summed E-state index contributed by atoms with van der Waals surface area (Å²) in [6.07, 6.45) is -1.37. The van der Waals surface area contributed by atoms with E-state index in [1.54, 1.807) is 12.3 Å². The number of hydrogen-bond acceptors (Lipinski definition) is 2. The highest BCUT2D eigenvalue weighted by Crippen LogP contribution is 2.39. The fraction of sp³-hybridized carbons (Fsp3) is 0.600. The van der Waals surface area contributed by atoms with E-state index in [0.717, 1.165) is 5.56 Å². The molecule has 0 amide bonds. The van der Waals surface area contributed by atoms with Gasteiger partial charge in [0.05, 0.1) is 5.92 Å². The Balaban J connectivity index is 1.87. The van der Waals surface area contributed by atoms with Crippen molar-refractivity contribution in [2.45, 2.75) is 45.2 Å². The first kappa shape index (κ1) is 15.0. The zero-order valence-electron chi connectivity index (χ0n) is 11.4. The first-order chi connectivity index (χ1) is 9.36. The summed E-state index contributed by atoms with van der Waals surface area (Å²) in [6, 6.07) is 3.69. The van der Waals surface area contributed by atoms with Gasteiger partial charge in [-0.25, -0.2) is 0 Å². The number of hydrogen-bond donors (Lipinski definition) is 0. The molecule has 0 aliphatic heterocycles. The van der Waals surface area contributed by atoms with Crippen LogP contribution in [0.25, 0.3) is 0 Å². The molecule has 1 aromatic rings. The minimum atomic E-state index is -4.12. The van der Waals surface area contributed by atoms with Crippen LogP contribution in [0.4, 0.5) is 13.2 Å². The minimum Gasteiger partial charge on any atom is -0.299 e. The van der Waals surface area contributed by atoms with Crippen molar-refractivity contribution in [3.63, 3.8) is 0 Å². The molecule has 1 aliphatic rings. The number of Topliss-reactive ketones (excluding diaryl/α,β-unsaturated/α-hetero) is 1. The number of alkyl halides is 3. The predicted molar refractivity (Wildman–Crippen MR) is 69.2 cm³/mol. The molecule has 1 aromatic heterocycles. The van der Waals surface area contributed by atoms with Gasteiger partial charge in [-0.2, -0.15) is 13.2 Å². The minimum absolute atomic E-state index is 0.0157. The highest BCUT2D eigenvalue weighted by atomic mass is 19.4. The van der Waals surface area contributed by atoms with Crippen LogP contribution >= 0.6 is 0 Å². The normalized spacial score (nSPS) is 23.6. The van der Waals surface area contributed by atoms with Crippen LogP contribution in [0.3, 0.4) is 0 Å². The summed E-state index contributed by atoms with van der Waals surface area (Å²) < 4.78 is 37.7. The third-order valence-electron chi connectivity index (χ3n) is 3.97. The van der Waals surface area contributed by atoms with E-state index in [2.05, 4.69) is 4.98 Å². The van der Waals surface area contributed by atoms with Crippen molar-refractivity contribution < 1.29 is 18.0 Å². The summed E-state index contributed by atoms with van der Waals surface area (Å²) in [7, 11) is 0. The van der Waals surface area contributed by atoms with Crippen molar-refractivity contribution in [1.82, 2.24) is 4.98 Å². The van der Waals surface area contributed by atoms with Crippen molar-refractivity contribution in [3.05, 3.63) is 29.6 Å². The van der Waals surface area contributed by atoms with E-state index >= 15 is 0 Å². The standard InChI is InChI=1S/C15H18F3NO/c1-10-2-7-13(19-9-10)8-14(20)11-3-5-12(6-4-11)15(16,17)18/h2,7,9,11-12H,3-6,8H2,1H3. The lowest BCUT2D eigenvalue weighted by molar-refractivity contribution is -0.184. The Morgan fingerprint density at radius 3 is 2.40 bits per heavy atom. The van der Waals surface area contributed by atoms with Gasteiger partial charge >= 0.3 is 6.18 Å². The smallest absolute Gasteiger partial charge is 0.299 e. The summed E-state index contributed by atoms with van der Waals surface area (Å²) in [5, 5.41) is 0. The summed E-state index contributed by atoms with van der Waals surface area (Å²) in [5.41, 5.74) is 1.71. The quantitative estimate of drug-likeness (QED) is 0.843. The number of halogens is 3. The SMILES string of the molecule is Cc1ccc(CC(=O)C2CCC(C(F)(F)F)CC2)nc1. The van der Waals surface area contributed by atoms with Crippen LogP contribution in [0, 0.1) is 18.8 Å². The second-order valence-electron chi connectivity index (χ2n) is 5.56. The average Bonchev–Trinajstić information content (AvgIpc) is 2.40. The van der Waals surface area contributed by atoms with Crippen molar-refractivity contribution in [2.75, 3.05) is 0 Å². The van der Waals surface area contributed by atoms with E-state index in [0.29, 0.717) is 18.5 Å². The number of aromatic nitrogens is 1. The highest BCUT2D eigenvalue weighted by molar-refractivity contribution is 5.82. The first-order valence-electron chi connectivity index (χ1n) is 6.87. The second kappa shape index (κ2) is 5.94. The Labute approximate surface area is 116 Å². The van der Waals surface area contributed by atoms with Crippen molar-refractivity contribution in [1.29, 1.82) is 0 Å². The number of pyridine rings is 1. The molecule has 2 nitrogen and oxygen atoms in total. The number of carbonyl (C=O) groups is 1. The van der Waals surface area contributed by atoms with Crippen molar-refractivity contribution >= 4 is 5.78 Å². The highest BCUT2D eigenvalue weighted by Gasteiger charge is 2.42. The molecule has 5 heteroatoms. The molecule has 0 spiro atoms. The van der Waals surface area contributed by atoms with Crippen LogP contribution in [0.2, 0.25) is 0 Å². The summed E-state index contributed by atoms with van der Waals surface area (Å²) in [5.74, 6) is -1.46. The van der Waals surface area contributed by atoms with E-state index in [1.165, 1.54) is 0 Å². The average molecular weight is 285 g/mol. The summed E-state index contributed by atoms with van der Waals surface area (Å²) >= 11 is 0. The maximum Gasteiger partial charge on any atom is 0.391 e. The van der Waals surface area contributed by atoms with Crippen LogP contribution in [0.15, 0.2) is 18.3 Å². The molecule has 1 aliphatic carbocycles. The molecule has 0 unspecified atom stereocenters. The molecule has 0 radical (unpaired) electrons. The van der Waals surface area contributed by atoms with Gasteiger partial charge in [-0.05, 0) is 44.2 Å². The lowest BCUT2D eigenvalue weighted by Gasteiger charge is -2.29. The molecule has 20 heavy (non-hydrogen) atoms. The fourth-order valence-electron chi connectivity index (χ4n) is 2.67. The van der Waals surface area contributed by atoms with Crippen LogP contribution in [-0.4, -0.2) is 16.9 Å². The Morgan fingerprint density at radius 2 is 1.90 bits per heavy atom. The molecule has 0 atom stereocenters. The van der Waals surface area contributed by atoms with Gasteiger partial charge in [-0.3, -0.25) is 9.78 Å². The van der Waals surface area contributed by atoms with Crippen LogP contribution in [-0.2, 0) is 11.2 Å². The van der Waals surface area contributed by atoms with Crippen LogP contribution in [0.1, 0.15) is 36.9 Å². The van der Waals surface area contributed by atoms with E-state index < -0.39 is 12.1 Å². The third kappa shape index (κ3) is 3.81. The molecule has 0 saturated heterocycles. The second-order valence-corrected chi connectivity index (χ2v) is 5.56. The molecule has 1 saturated carbocycles. The summed E-state index contributed by atoms with van der Waals surface area (Å²) in [4.78, 5) is 16.3. The van der Waals surface area contributed by atoms with Gasteiger partial charge in [0.2, 0.25) is 0 Å². The van der Waals surface area contributed by atoms with Crippen LogP contribution in [0.5, 0.6) is 0 Å². The number of nitrogens with zero attached hydrogens (tertiary/aromatic N) is 1. The number of rotatable bonds is 3. The molecular formula is C15H18F3NO. The van der Waals surface area contributed by atoms with Gasteiger partial charge < -0.3 is 0 Å². The summed E-state index contributed by atoms with van der Waals surface area (Å²) in [6.45, 7) is 1.91. The number of aryl methyl sites for hydroxylation is 1. The Bertz CT molecular complexity index is 459. The van der Waals surface area contributed by atoms with E-state index in [9.17, 15) is 18.0 Å². The maximum atomic E-state index is 12.6. The topological polar surface area (TPSA) is 30.0 Å². The predicted octanol–water partition coefficient (Wildman–Crippen LogP) is 3.87. The maximum absolute atomic E-state index is 12.6. The van der Waals surface area contributed by atoms with Gasteiger partial charge in [0.15, 0.2) is 0 Å². The lowest BCUT2D eigenvalue weighted by atomic mass is 9.79. The molecule has 1 heterocycles. The molecule has 2 rings (SSSR count). The Kier molecular flexibility index (Phi) is 4.45. The zero-order chi connectivity index (χ0) is 14.8. The molecule has 110 valence electrons. The fourth-order valence-corrected chi connectivity index (χ4v) is 2.67. The molecule has 0 aromatic carbocycles. The zero-order valence-corrected chi connectivity index (χ0v) is 11.4. The van der Waals surface area contributed by atoms with Gasteiger partial charge in [0, 0.05) is 24.2 Å². The van der Waals surface area contributed by atoms with Crippen LogP contribution < -0.4 is 0 Å². The van der Waals surface area contributed by atoms with Gasteiger partial charge in [-0.1, -0.05) is 6.07 Å². The largest absolute Gasteiger partial charge is 0.391 e. The third-order valence-corrected chi connectivity index (χ3v) is 3.97. The number of carbonyl (C=O) groups excluding carboxylic acids is 1. The van der Waals surface area contributed by atoms with Crippen molar-refractivity contribution in [3.8, 4) is 0 Å². The van der Waals surface area contributed by atoms with E-state index in [1.807, 2.05) is 13.0 Å². The van der Waals surface area contributed by atoms with Gasteiger partial charge in [-0.15, -0.1) is 0 Å². The molecule has 0 N–H and O–H groups in total. The van der Waals surface area contributed by atoms with E-state index in [-0.39, 0.29) is 31.0 Å².